The van der Waals surface area contributed by atoms with Crippen molar-refractivity contribution in [3.05, 3.63) is 0 Å². The van der Waals surface area contributed by atoms with Crippen molar-refractivity contribution < 1.29 is 0 Å². The molecule has 0 aromatic heterocycles. The molecule has 2 aliphatic rings. The summed E-state index contributed by atoms with van der Waals surface area (Å²) in [4.78, 5) is 2.77. The van der Waals surface area contributed by atoms with Crippen molar-refractivity contribution in [3.8, 4) is 0 Å². The van der Waals surface area contributed by atoms with Gasteiger partial charge in [0.1, 0.15) is 0 Å². The molecule has 17 heavy (non-hydrogen) atoms. The summed E-state index contributed by atoms with van der Waals surface area (Å²) < 4.78 is 0. The molecule has 1 saturated carbocycles. The van der Waals surface area contributed by atoms with Crippen molar-refractivity contribution >= 4 is 0 Å². The normalized spacial score (nSPS) is 34.1. The zero-order chi connectivity index (χ0) is 12.3. The maximum atomic E-state index is 3.83. The number of piperidine rings is 1. The van der Waals surface area contributed by atoms with Gasteiger partial charge in [0, 0.05) is 12.1 Å². The molecular weight excluding hydrogens is 208 g/mol. The van der Waals surface area contributed by atoms with Crippen molar-refractivity contribution in [3.63, 3.8) is 0 Å². The first-order chi connectivity index (χ1) is 8.15. The van der Waals surface area contributed by atoms with Gasteiger partial charge in [-0.3, -0.25) is 4.90 Å². The number of nitrogens with one attached hydrogen (secondary N) is 1. The van der Waals surface area contributed by atoms with E-state index in [0.717, 1.165) is 6.04 Å². The molecule has 1 aliphatic heterocycles. The molecule has 100 valence electrons. The van der Waals surface area contributed by atoms with Gasteiger partial charge in [-0.1, -0.05) is 27.2 Å². The topological polar surface area (TPSA) is 15.3 Å². The minimum absolute atomic E-state index is 0.483. The summed E-state index contributed by atoms with van der Waals surface area (Å²) in [5.74, 6) is 0. The Morgan fingerprint density at radius 2 is 1.88 bits per heavy atom. The highest BCUT2D eigenvalue weighted by Crippen LogP contribution is 2.40. The van der Waals surface area contributed by atoms with Crippen LogP contribution < -0.4 is 5.32 Å². The Morgan fingerprint density at radius 1 is 1.18 bits per heavy atom. The number of hydrogen-bond donors (Lipinski definition) is 1. The largest absolute Gasteiger partial charge is 0.312 e. The summed E-state index contributed by atoms with van der Waals surface area (Å²) >= 11 is 0. The minimum Gasteiger partial charge on any atom is -0.312 e. The second kappa shape index (κ2) is 5.71. The van der Waals surface area contributed by atoms with Gasteiger partial charge in [0.15, 0.2) is 0 Å². The minimum atomic E-state index is 0.483. The molecule has 1 N–H and O–H groups in total. The van der Waals surface area contributed by atoms with Crippen molar-refractivity contribution in [1.29, 1.82) is 0 Å². The highest BCUT2D eigenvalue weighted by Gasteiger charge is 2.43. The average molecular weight is 238 g/mol. The summed E-state index contributed by atoms with van der Waals surface area (Å²) in [5.41, 5.74) is 0.483. The monoisotopic (exact) mass is 238 g/mol. The molecule has 2 unspecified atom stereocenters. The van der Waals surface area contributed by atoms with Crippen LogP contribution in [0, 0.1) is 5.41 Å². The van der Waals surface area contributed by atoms with Gasteiger partial charge >= 0.3 is 0 Å². The standard InChI is InChI=1S/C15H30N2/c1-4-10-16-14-13(8-9-15(14,2)3)17-11-6-5-7-12-17/h13-14,16H,4-12H2,1-3H3. The van der Waals surface area contributed by atoms with E-state index in [9.17, 15) is 0 Å². The van der Waals surface area contributed by atoms with Crippen LogP contribution in [0.15, 0.2) is 0 Å². The molecule has 2 rings (SSSR count). The Morgan fingerprint density at radius 3 is 2.53 bits per heavy atom. The fourth-order valence-corrected chi connectivity index (χ4v) is 3.72. The van der Waals surface area contributed by atoms with Crippen LogP contribution in [0.1, 0.15) is 59.3 Å². The van der Waals surface area contributed by atoms with Crippen molar-refractivity contribution in [2.75, 3.05) is 19.6 Å². The Hall–Kier alpha value is -0.0800. The van der Waals surface area contributed by atoms with Gasteiger partial charge in [0.2, 0.25) is 0 Å². The molecule has 2 heteroatoms. The van der Waals surface area contributed by atoms with E-state index in [2.05, 4.69) is 31.0 Å². The first kappa shape index (κ1) is 13.4. The zero-order valence-electron chi connectivity index (χ0n) is 12.0. The molecule has 0 spiro atoms. The van der Waals surface area contributed by atoms with Crippen molar-refractivity contribution in [2.24, 2.45) is 5.41 Å². The van der Waals surface area contributed by atoms with Gasteiger partial charge in [-0.15, -0.1) is 0 Å². The molecule has 0 bridgehead atoms. The van der Waals surface area contributed by atoms with Gasteiger partial charge in [-0.25, -0.2) is 0 Å². The quantitative estimate of drug-likeness (QED) is 0.810. The van der Waals surface area contributed by atoms with Crippen LogP contribution in [0.5, 0.6) is 0 Å². The predicted octanol–water partition coefficient (Wildman–Crippen LogP) is 3.03. The highest BCUT2D eigenvalue weighted by atomic mass is 15.2. The van der Waals surface area contributed by atoms with E-state index in [0.29, 0.717) is 11.5 Å². The molecule has 0 aromatic carbocycles. The average Bonchev–Trinajstić information content (AvgIpc) is 2.63. The SMILES string of the molecule is CCCNC1C(N2CCCCC2)CCC1(C)C. The van der Waals surface area contributed by atoms with Crippen LogP contribution in [0.2, 0.25) is 0 Å². The van der Waals surface area contributed by atoms with E-state index >= 15 is 0 Å². The maximum Gasteiger partial charge on any atom is 0.0274 e. The summed E-state index contributed by atoms with van der Waals surface area (Å²) in [6, 6.07) is 1.51. The van der Waals surface area contributed by atoms with Gasteiger partial charge < -0.3 is 5.32 Å². The first-order valence-electron chi connectivity index (χ1n) is 7.62. The van der Waals surface area contributed by atoms with E-state index in [1.807, 2.05) is 0 Å². The van der Waals surface area contributed by atoms with Crippen molar-refractivity contribution in [2.45, 2.75) is 71.4 Å². The summed E-state index contributed by atoms with van der Waals surface area (Å²) in [6.45, 7) is 11.0. The number of likely N-dealkylation sites (tertiary alicyclic amines) is 1. The predicted molar refractivity (Wildman–Crippen MR) is 74.3 cm³/mol. The van der Waals surface area contributed by atoms with Crippen LogP contribution in [0.4, 0.5) is 0 Å². The highest BCUT2D eigenvalue weighted by molar-refractivity contribution is 5.01. The molecule has 2 atom stereocenters. The number of rotatable bonds is 4. The van der Waals surface area contributed by atoms with E-state index in [1.54, 1.807) is 0 Å². The summed E-state index contributed by atoms with van der Waals surface area (Å²) in [7, 11) is 0. The van der Waals surface area contributed by atoms with Crippen LogP contribution in [-0.4, -0.2) is 36.6 Å². The van der Waals surface area contributed by atoms with Gasteiger partial charge in [-0.05, 0) is 57.2 Å². The second-order valence-electron chi connectivity index (χ2n) is 6.62. The molecule has 2 nitrogen and oxygen atoms in total. The van der Waals surface area contributed by atoms with Crippen molar-refractivity contribution in [1.82, 2.24) is 10.2 Å². The third-order valence-electron chi connectivity index (χ3n) is 4.79. The smallest absolute Gasteiger partial charge is 0.0274 e. The first-order valence-corrected chi connectivity index (χ1v) is 7.62. The lowest BCUT2D eigenvalue weighted by molar-refractivity contribution is 0.122. The number of nitrogens with zero attached hydrogens (tertiary/aromatic N) is 1. The van der Waals surface area contributed by atoms with Gasteiger partial charge in [-0.2, -0.15) is 0 Å². The van der Waals surface area contributed by atoms with Gasteiger partial charge in [0.05, 0.1) is 0 Å². The lowest BCUT2D eigenvalue weighted by atomic mass is 9.86. The van der Waals surface area contributed by atoms with Crippen LogP contribution in [-0.2, 0) is 0 Å². The van der Waals surface area contributed by atoms with E-state index in [4.69, 9.17) is 0 Å². The molecule has 1 aliphatic carbocycles. The van der Waals surface area contributed by atoms with Crippen LogP contribution in [0.25, 0.3) is 0 Å². The molecule has 0 radical (unpaired) electrons. The molecule has 0 aromatic rings. The van der Waals surface area contributed by atoms with E-state index in [-0.39, 0.29) is 0 Å². The Kier molecular flexibility index (Phi) is 4.48. The summed E-state index contributed by atoms with van der Waals surface area (Å²) in [5, 5.41) is 3.83. The van der Waals surface area contributed by atoms with E-state index < -0.39 is 0 Å². The maximum absolute atomic E-state index is 3.83. The third-order valence-corrected chi connectivity index (χ3v) is 4.79. The fourth-order valence-electron chi connectivity index (χ4n) is 3.72. The molecule has 1 heterocycles. The molecule has 2 fully saturated rings. The molecule has 0 amide bonds. The fraction of sp³-hybridized carbons (Fsp3) is 1.00. The number of hydrogen-bond acceptors (Lipinski definition) is 2. The molecule has 1 saturated heterocycles. The second-order valence-corrected chi connectivity index (χ2v) is 6.62. The summed E-state index contributed by atoms with van der Waals surface area (Å²) in [6.07, 6.45) is 8.30. The van der Waals surface area contributed by atoms with E-state index in [1.165, 1.54) is 58.2 Å². The van der Waals surface area contributed by atoms with Crippen LogP contribution >= 0.6 is 0 Å². The lowest BCUT2D eigenvalue weighted by Gasteiger charge is -2.39. The Balaban J connectivity index is 1.99. The van der Waals surface area contributed by atoms with Crippen LogP contribution in [0.3, 0.4) is 0 Å². The lowest BCUT2D eigenvalue weighted by Crippen LogP contribution is -2.53. The third kappa shape index (κ3) is 3.03. The Bertz CT molecular complexity index is 231. The zero-order valence-corrected chi connectivity index (χ0v) is 12.0. The molecular formula is C15H30N2. The van der Waals surface area contributed by atoms with Gasteiger partial charge in [0.25, 0.3) is 0 Å². The Labute approximate surface area is 107 Å².